The number of amides is 1. The van der Waals surface area contributed by atoms with Gasteiger partial charge in [0.1, 0.15) is 11.5 Å². The maximum Gasteiger partial charge on any atom is 0.295 e. The van der Waals surface area contributed by atoms with E-state index in [1.54, 1.807) is 62.1 Å². The molecule has 0 radical (unpaired) electrons. The number of aromatic nitrogens is 2. The zero-order valence-corrected chi connectivity index (χ0v) is 20.5. The molecule has 36 heavy (non-hydrogen) atoms. The first kappa shape index (κ1) is 24.8. The molecule has 1 amide bonds. The van der Waals surface area contributed by atoms with Crippen molar-refractivity contribution in [2.45, 2.75) is 25.9 Å². The zero-order chi connectivity index (χ0) is 25.7. The van der Waals surface area contributed by atoms with Crippen LogP contribution in [0.2, 0.25) is 0 Å². The Balaban J connectivity index is 1.76. The first-order chi connectivity index (χ1) is 17.5. The molecule has 1 aliphatic heterocycles. The Labute approximate surface area is 209 Å². The Kier molecular flexibility index (Phi) is 7.58. The molecule has 0 spiro atoms. The lowest BCUT2D eigenvalue weighted by atomic mass is 9.95. The number of aryl methyl sites for hydroxylation is 1. The van der Waals surface area contributed by atoms with Gasteiger partial charge in [-0.25, -0.2) is 4.98 Å². The fourth-order valence-electron chi connectivity index (χ4n) is 4.33. The number of imidazole rings is 1. The van der Waals surface area contributed by atoms with Gasteiger partial charge >= 0.3 is 0 Å². The highest BCUT2D eigenvalue weighted by atomic mass is 16.5. The van der Waals surface area contributed by atoms with Crippen LogP contribution in [0.1, 0.15) is 30.5 Å². The van der Waals surface area contributed by atoms with Gasteiger partial charge in [-0.05, 0) is 55.3 Å². The van der Waals surface area contributed by atoms with E-state index in [9.17, 15) is 14.7 Å². The summed E-state index contributed by atoms with van der Waals surface area (Å²) in [4.78, 5) is 32.0. The monoisotopic (exact) mass is 491 g/mol. The van der Waals surface area contributed by atoms with Crippen molar-refractivity contribution in [2.24, 2.45) is 0 Å². The van der Waals surface area contributed by atoms with Crippen LogP contribution in [0.3, 0.4) is 0 Å². The largest absolute Gasteiger partial charge is 0.507 e. The summed E-state index contributed by atoms with van der Waals surface area (Å²) in [6, 6.07) is 11.2. The first-order valence-corrected chi connectivity index (χ1v) is 11.7. The highest BCUT2D eigenvalue weighted by molar-refractivity contribution is 6.46. The molecule has 0 aliphatic carbocycles. The first-order valence-electron chi connectivity index (χ1n) is 11.7. The lowest BCUT2D eigenvalue weighted by Crippen LogP contribution is -2.31. The van der Waals surface area contributed by atoms with Gasteiger partial charge in [0.25, 0.3) is 11.7 Å². The minimum Gasteiger partial charge on any atom is -0.507 e. The number of ether oxygens (including phenoxy) is 3. The summed E-state index contributed by atoms with van der Waals surface area (Å²) in [7, 11) is 3.07. The molecule has 188 valence electrons. The van der Waals surface area contributed by atoms with Gasteiger partial charge < -0.3 is 28.8 Å². The van der Waals surface area contributed by atoms with E-state index in [-0.39, 0.29) is 11.3 Å². The number of Topliss-reactive ketones (excluding diaryl/α,β-unsaturated/α-hetero) is 1. The predicted molar refractivity (Wildman–Crippen MR) is 133 cm³/mol. The minimum absolute atomic E-state index is 0.0269. The summed E-state index contributed by atoms with van der Waals surface area (Å²) >= 11 is 0. The maximum atomic E-state index is 13.2. The molecule has 1 aliphatic rings. The van der Waals surface area contributed by atoms with Crippen molar-refractivity contribution in [1.29, 1.82) is 0 Å². The van der Waals surface area contributed by atoms with Gasteiger partial charge in [-0.3, -0.25) is 9.59 Å². The van der Waals surface area contributed by atoms with Gasteiger partial charge in [-0.15, -0.1) is 0 Å². The molecule has 1 N–H and O–H groups in total. The molecule has 9 heteroatoms. The summed E-state index contributed by atoms with van der Waals surface area (Å²) in [5.74, 6) is 0.00127. The average molecular weight is 492 g/mol. The number of nitrogens with zero attached hydrogens (tertiary/aromatic N) is 3. The maximum absolute atomic E-state index is 13.2. The van der Waals surface area contributed by atoms with Crippen molar-refractivity contribution in [3.63, 3.8) is 0 Å². The predicted octanol–water partition coefficient (Wildman–Crippen LogP) is 3.81. The van der Waals surface area contributed by atoms with Gasteiger partial charge in [0.05, 0.1) is 38.8 Å². The molecule has 1 fully saturated rings. The second kappa shape index (κ2) is 11.0. The fourth-order valence-corrected chi connectivity index (χ4v) is 4.33. The Morgan fingerprint density at radius 2 is 1.81 bits per heavy atom. The van der Waals surface area contributed by atoms with E-state index in [0.29, 0.717) is 54.5 Å². The lowest BCUT2D eigenvalue weighted by Gasteiger charge is -2.26. The molecule has 9 nitrogen and oxygen atoms in total. The Hall–Kier alpha value is -4.27. The normalized spacial score (nSPS) is 16.9. The summed E-state index contributed by atoms with van der Waals surface area (Å²) < 4.78 is 18.2. The highest BCUT2D eigenvalue weighted by Crippen LogP contribution is 2.42. The van der Waals surface area contributed by atoms with Crippen LogP contribution in [0, 0.1) is 0 Å². The number of hydrogen-bond acceptors (Lipinski definition) is 7. The third-order valence-electron chi connectivity index (χ3n) is 6.08. The van der Waals surface area contributed by atoms with Gasteiger partial charge in [0, 0.05) is 31.0 Å². The van der Waals surface area contributed by atoms with E-state index in [4.69, 9.17) is 14.2 Å². The molecule has 0 bridgehead atoms. The Bertz CT molecular complexity index is 1250. The molecule has 1 saturated heterocycles. The Morgan fingerprint density at radius 3 is 2.44 bits per heavy atom. The van der Waals surface area contributed by atoms with Crippen LogP contribution in [0.5, 0.6) is 17.2 Å². The molecule has 2 heterocycles. The van der Waals surface area contributed by atoms with Crippen molar-refractivity contribution in [3.8, 4) is 17.2 Å². The van der Waals surface area contributed by atoms with E-state index in [1.807, 2.05) is 17.7 Å². The van der Waals surface area contributed by atoms with Crippen LogP contribution < -0.4 is 14.2 Å². The van der Waals surface area contributed by atoms with Crippen LogP contribution in [0.25, 0.3) is 5.76 Å². The Morgan fingerprint density at radius 1 is 1.03 bits per heavy atom. The quantitative estimate of drug-likeness (QED) is 0.261. The van der Waals surface area contributed by atoms with Crippen LogP contribution in [0.4, 0.5) is 0 Å². The topological polar surface area (TPSA) is 103 Å². The third-order valence-corrected chi connectivity index (χ3v) is 6.08. The van der Waals surface area contributed by atoms with E-state index in [2.05, 4.69) is 4.98 Å². The number of carbonyl (C=O) groups is 2. The number of benzene rings is 2. The number of hydrogen-bond donors (Lipinski definition) is 1. The third kappa shape index (κ3) is 4.91. The van der Waals surface area contributed by atoms with Crippen LogP contribution in [-0.2, 0) is 16.1 Å². The zero-order valence-electron chi connectivity index (χ0n) is 20.5. The van der Waals surface area contributed by atoms with Gasteiger partial charge in [-0.1, -0.05) is 6.07 Å². The van der Waals surface area contributed by atoms with Crippen molar-refractivity contribution in [1.82, 2.24) is 14.5 Å². The van der Waals surface area contributed by atoms with Gasteiger partial charge in [-0.2, -0.15) is 0 Å². The van der Waals surface area contributed by atoms with E-state index < -0.39 is 17.7 Å². The molecular formula is C27H29N3O6. The van der Waals surface area contributed by atoms with Crippen molar-refractivity contribution in [3.05, 3.63) is 77.9 Å². The smallest absolute Gasteiger partial charge is 0.295 e. The summed E-state index contributed by atoms with van der Waals surface area (Å²) in [6.07, 6.45) is 5.82. The molecule has 1 unspecified atom stereocenters. The number of rotatable bonds is 10. The van der Waals surface area contributed by atoms with Gasteiger partial charge in [0.2, 0.25) is 0 Å². The molecule has 2 aromatic carbocycles. The van der Waals surface area contributed by atoms with Crippen molar-refractivity contribution >= 4 is 17.4 Å². The molecule has 1 atom stereocenters. The number of ketones is 1. The van der Waals surface area contributed by atoms with E-state index >= 15 is 0 Å². The number of methoxy groups -OCH3 is 2. The average Bonchev–Trinajstić information content (AvgIpc) is 3.51. The number of carbonyl (C=O) groups excluding carboxylic acids is 2. The molecule has 0 saturated carbocycles. The van der Waals surface area contributed by atoms with Crippen LogP contribution >= 0.6 is 0 Å². The summed E-state index contributed by atoms with van der Waals surface area (Å²) in [5.41, 5.74) is 1.07. The molecule has 3 aromatic rings. The van der Waals surface area contributed by atoms with Crippen LogP contribution in [0.15, 0.2) is 66.8 Å². The number of aliphatic hydroxyl groups is 1. The summed E-state index contributed by atoms with van der Waals surface area (Å²) in [5, 5.41) is 11.2. The molecule has 1 aromatic heterocycles. The standard InChI is InChI=1S/C27H29N3O6/c1-4-36-21-11-8-19(16-22(21)35-3)24-23(25(31)18-6-9-20(34-2)10-7-18)26(32)27(33)30(24)14-5-13-29-15-12-28-17-29/h6-12,15-17,24,31H,4-5,13-14H2,1-3H3. The number of likely N-dealkylation sites (tertiary alicyclic amines) is 1. The molecular weight excluding hydrogens is 462 g/mol. The summed E-state index contributed by atoms with van der Waals surface area (Å²) in [6.45, 7) is 3.26. The second-order valence-corrected chi connectivity index (χ2v) is 8.22. The van der Waals surface area contributed by atoms with Crippen LogP contribution in [-0.4, -0.2) is 58.6 Å². The minimum atomic E-state index is -0.792. The number of aliphatic hydroxyl groups excluding tert-OH is 1. The second-order valence-electron chi connectivity index (χ2n) is 8.22. The van der Waals surface area contributed by atoms with E-state index in [1.165, 1.54) is 12.0 Å². The van der Waals surface area contributed by atoms with Crippen molar-refractivity contribution < 1.29 is 28.9 Å². The SMILES string of the molecule is CCOc1ccc(C2C(=C(O)c3ccc(OC)cc3)C(=O)C(=O)N2CCCn2ccnc2)cc1OC. The molecule has 4 rings (SSSR count). The highest BCUT2D eigenvalue weighted by Gasteiger charge is 2.46. The van der Waals surface area contributed by atoms with Crippen molar-refractivity contribution in [2.75, 3.05) is 27.4 Å². The fraction of sp³-hybridized carbons (Fsp3) is 0.296. The lowest BCUT2D eigenvalue weighted by molar-refractivity contribution is -0.139. The van der Waals surface area contributed by atoms with Gasteiger partial charge in [0.15, 0.2) is 11.5 Å². The van der Waals surface area contributed by atoms with E-state index in [0.717, 1.165) is 0 Å².